The monoisotopic (exact) mass is 192 g/mol. The first-order valence-corrected chi connectivity index (χ1v) is 4.91. The molecule has 0 atom stereocenters. The summed E-state index contributed by atoms with van der Waals surface area (Å²) < 4.78 is 0. The average molecular weight is 192 g/mol. The predicted molar refractivity (Wildman–Crippen MR) is 57.0 cm³/mol. The average Bonchev–Trinajstić information content (AvgIpc) is 2.17. The van der Waals surface area contributed by atoms with E-state index in [1.807, 2.05) is 13.0 Å². The van der Waals surface area contributed by atoms with Crippen LogP contribution in [0.15, 0.2) is 12.1 Å². The molecule has 76 valence electrons. The van der Waals surface area contributed by atoms with Gasteiger partial charge in [-0.25, -0.2) is 0 Å². The molecule has 2 heteroatoms. The summed E-state index contributed by atoms with van der Waals surface area (Å²) in [4.78, 5) is 10.6. The quantitative estimate of drug-likeness (QED) is 0.748. The molecule has 0 spiro atoms. The molecule has 1 aromatic rings. The van der Waals surface area contributed by atoms with Crippen LogP contribution in [0, 0.1) is 0 Å². The van der Waals surface area contributed by atoms with Crippen molar-refractivity contribution in [2.75, 3.05) is 0 Å². The van der Waals surface area contributed by atoms with E-state index in [9.17, 15) is 9.90 Å². The summed E-state index contributed by atoms with van der Waals surface area (Å²) in [5, 5.41) is 9.79. The minimum atomic E-state index is 0.147. The molecule has 0 saturated heterocycles. The minimum Gasteiger partial charge on any atom is -0.507 e. The van der Waals surface area contributed by atoms with Gasteiger partial charge < -0.3 is 5.11 Å². The lowest BCUT2D eigenvalue weighted by Gasteiger charge is -2.14. The van der Waals surface area contributed by atoms with E-state index in [-0.39, 0.29) is 5.75 Å². The number of benzene rings is 1. The molecule has 0 amide bonds. The Morgan fingerprint density at radius 3 is 2.50 bits per heavy atom. The van der Waals surface area contributed by atoms with Crippen molar-refractivity contribution in [2.24, 2.45) is 0 Å². The predicted octanol–water partition coefficient (Wildman–Crippen LogP) is 2.89. The third-order valence-corrected chi connectivity index (χ3v) is 2.45. The molecule has 0 aliphatic carbocycles. The number of carbonyl (C=O) groups is 1. The van der Waals surface area contributed by atoms with Crippen molar-refractivity contribution < 1.29 is 9.90 Å². The molecule has 14 heavy (non-hydrogen) atoms. The Balaban J connectivity index is 3.35. The topological polar surface area (TPSA) is 37.3 Å². The largest absolute Gasteiger partial charge is 0.507 e. The lowest BCUT2D eigenvalue weighted by atomic mass is 9.93. The first-order chi connectivity index (χ1) is 6.61. The number of aldehydes is 1. The van der Waals surface area contributed by atoms with Gasteiger partial charge in [0.15, 0.2) is 6.29 Å². The molecule has 1 rings (SSSR count). The van der Waals surface area contributed by atoms with Gasteiger partial charge in [0.1, 0.15) is 5.75 Å². The van der Waals surface area contributed by atoms with Crippen LogP contribution in [0.4, 0.5) is 0 Å². The van der Waals surface area contributed by atoms with Crippen LogP contribution in [-0.4, -0.2) is 11.4 Å². The Morgan fingerprint density at radius 1 is 1.43 bits per heavy atom. The SMILES string of the molecule is CCc1c(C(C)C)ccc(C=O)c1O. The number of phenolic OH excluding ortho intramolecular Hbond substituents is 1. The normalized spacial score (nSPS) is 10.6. The van der Waals surface area contributed by atoms with Crippen molar-refractivity contribution in [1.29, 1.82) is 0 Å². The van der Waals surface area contributed by atoms with E-state index in [2.05, 4.69) is 13.8 Å². The Labute approximate surface area is 84.6 Å². The zero-order valence-corrected chi connectivity index (χ0v) is 8.87. The molecule has 1 N–H and O–H groups in total. The summed E-state index contributed by atoms with van der Waals surface area (Å²) in [6.07, 6.45) is 1.44. The van der Waals surface area contributed by atoms with E-state index >= 15 is 0 Å². The van der Waals surface area contributed by atoms with Gasteiger partial charge >= 0.3 is 0 Å². The van der Waals surface area contributed by atoms with Crippen molar-refractivity contribution in [3.05, 3.63) is 28.8 Å². The van der Waals surface area contributed by atoms with Crippen molar-refractivity contribution >= 4 is 6.29 Å². The number of hydrogen-bond donors (Lipinski definition) is 1. The van der Waals surface area contributed by atoms with Crippen LogP contribution in [0.3, 0.4) is 0 Å². The number of hydrogen-bond acceptors (Lipinski definition) is 2. The fourth-order valence-corrected chi connectivity index (χ4v) is 1.68. The van der Waals surface area contributed by atoms with Gasteiger partial charge in [0.2, 0.25) is 0 Å². The molecule has 0 aliphatic rings. The number of phenols is 1. The Bertz CT molecular complexity index is 340. The number of carbonyl (C=O) groups excluding carboxylic acids is 1. The van der Waals surface area contributed by atoms with Crippen molar-refractivity contribution in [2.45, 2.75) is 33.1 Å². The highest BCUT2D eigenvalue weighted by molar-refractivity contribution is 5.80. The summed E-state index contributed by atoms with van der Waals surface area (Å²) in [7, 11) is 0. The minimum absolute atomic E-state index is 0.147. The van der Waals surface area contributed by atoms with Crippen molar-refractivity contribution in [3.8, 4) is 5.75 Å². The highest BCUT2D eigenvalue weighted by atomic mass is 16.3. The summed E-state index contributed by atoms with van der Waals surface area (Å²) in [6.45, 7) is 6.14. The Hall–Kier alpha value is -1.31. The van der Waals surface area contributed by atoms with Gasteiger partial charge in [-0.15, -0.1) is 0 Å². The smallest absolute Gasteiger partial charge is 0.153 e. The molecule has 0 bridgehead atoms. The summed E-state index contributed by atoms with van der Waals surface area (Å²) in [6, 6.07) is 3.60. The highest BCUT2D eigenvalue weighted by Crippen LogP contribution is 2.29. The first-order valence-electron chi connectivity index (χ1n) is 4.91. The van der Waals surface area contributed by atoms with Gasteiger partial charge in [-0.3, -0.25) is 4.79 Å². The van der Waals surface area contributed by atoms with Gasteiger partial charge in [0.05, 0.1) is 5.56 Å². The van der Waals surface area contributed by atoms with Crippen LogP contribution in [0.5, 0.6) is 5.75 Å². The Morgan fingerprint density at radius 2 is 2.07 bits per heavy atom. The van der Waals surface area contributed by atoms with E-state index < -0.39 is 0 Å². The van der Waals surface area contributed by atoms with Gasteiger partial charge in [0, 0.05) is 0 Å². The molecule has 0 unspecified atom stereocenters. The molecular formula is C12H16O2. The molecule has 0 radical (unpaired) electrons. The molecule has 0 aliphatic heterocycles. The van der Waals surface area contributed by atoms with E-state index in [0.29, 0.717) is 17.8 Å². The second-order valence-electron chi connectivity index (χ2n) is 3.70. The van der Waals surface area contributed by atoms with Crippen molar-refractivity contribution in [1.82, 2.24) is 0 Å². The molecule has 1 aromatic carbocycles. The van der Waals surface area contributed by atoms with Gasteiger partial charge in [-0.05, 0) is 29.5 Å². The van der Waals surface area contributed by atoms with Crippen LogP contribution in [0.1, 0.15) is 48.2 Å². The molecular weight excluding hydrogens is 176 g/mol. The molecule has 0 heterocycles. The fourth-order valence-electron chi connectivity index (χ4n) is 1.68. The zero-order chi connectivity index (χ0) is 10.7. The van der Waals surface area contributed by atoms with Gasteiger partial charge in [-0.1, -0.05) is 26.8 Å². The van der Waals surface area contributed by atoms with E-state index in [0.717, 1.165) is 17.5 Å². The summed E-state index contributed by atoms with van der Waals surface area (Å²) >= 11 is 0. The van der Waals surface area contributed by atoms with E-state index in [1.54, 1.807) is 6.07 Å². The molecule has 0 aromatic heterocycles. The standard InChI is InChI=1S/C12H16O2/c1-4-10-11(8(2)3)6-5-9(7-13)12(10)14/h5-8,14H,4H2,1-3H3. The molecule has 0 fully saturated rings. The fraction of sp³-hybridized carbons (Fsp3) is 0.417. The lowest BCUT2D eigenvalue weighted by molar-refractivity contribution is 0.112. The van der Waals surface area contributed by atoms with Crippen LogP contribution < -0.4 is 0 Å². The molecule has 0 saturated carbocycles. The number of aromatic hydroxyl groups is 1. The maximum Gasteiger partial charge on any atom is 0.153 e. The zero-order valence-electron chi connectivity index (χ0n) is 8.87. The third-order valence-electron chi connectivity index (χ3n) is 2.45. The number of rotatable bonds is 3. The Kier molecular flexibility index (Phi) is 3.28. The lowest BCUT2D eigenvalue weighted by Crippen LogP contribution is -1.98. The van der Waals surface area contributed by atoms with Crippen molar-refractivity contribution in [3.63, 3.8) is 0 Å². The van der Waals surface area contributed by atoms with Gasteiger partial charge in [0.25, 0.3) is 0 Å². The maximum atomic E-state index is 10.6. The van der Waals surface area contributed by atoms with Crippen LogP contribution in [0.2, 0.25) is 0 Å². The van der Waals surface area contributed by atoms with E-state index in [4.69, 9.17) is 0 Å². The third kappa shape index (κ3) is 1.79. The van der Waals surface area contributed by atoms with E-state index in [1.165, 1.54) is 0 Å². The highest BCUT2D eigenvalue weighted by Gasteiger charge is 2.12. The summed E-state index contributed by atoms with van der Waals surface area (Å²) in [5.74, 6) is 0.519. The molecule has 2 nitrogen and oxygen atoms in total. The first kappa shape index (κ1) is 10.8. The summed E-state index contributed by atoms with van der Waals surface area (Å²) in [5.41, 5.74) is 2.39. The van der Waals surface area contributed by atoms with Crippen LogP contribution in [-0.2, 0) is 6.42 Å². The van der Waals surface area contributed by atoms with Crippen LogP contribution in [0.25, 0.3) is 0 Å². The van der Waals surface area contributed by atoms with Gasteiger partial charge in [-0.2, -0.15) is 0 Å². The second-order valence-corrected chi connectivity index (χ2v) is 3.70. The van der Waals surface area contributed by atoms with Crippen LogP contribution >= 0.6 is 0 Å². The second kappa shape index (κ2) is 4.27. The maximum absolute atomic E-state index is 10.6.